The first-order valence-electron chi connectivity index (χ1n) is 5.46. The molecule has 0 radical (unpaired) electrons. The summed E-state index contributed by atoms with van der Waals surface area (Å²) in [6.07, 6.45) is 2.02. The van der Waals surface area contributed by atoms with Crippen LogP contribution in [0.15, 0.2) is 0 Å². The second kappa shape index (κ2) is 7.47. The van der Waals surface area contributed by atoms with E-state index < -0.39 is 9.84 Å². The number of alkyl halides is 1. The minimum atomic E-state index is -2.91. The van der Waals surface area contributed by atoms with Crippen LogP contribution in [-0.2, 0) is 9.84 Å². The van der Waals surface area contributed by atoms with Crippen molar-refractivity contribution >= 4 is 21.4 Å². The summed E-state index contributed by atoms with van der Waals surface area (Å²) in [4.78, 5) is 0. The first kappa shape index (κ1) is 15.2. The Morgan fingerprint density at radius 2 is 1.93 bits per heavy atom. The predicted octanol–water partition coefficient (Wildman–Crippen LogP) is 1.81. The highest BCUT2D eigenvalue weighted by molar-refractivity contribution is 7.92. The number of nitrogens with one attached hydrogen (secondary N) is 1. The molecular formula is C10H22ClNO2S. The van der Waals surface area contributed by atoms with Gasteiger partial charge in [-0.1, -0.05) is 13.3 Å². The summed E-state index contributed by atoms with van der Waals surface area (Å²) >= 11 is 5.98. The van der Waals surface area contributed by atoms with Gasteiger partial charge in [0.05, 0.1) is 11.0 Å². The van der Waals surface area contributed by atoms with Crippen molar-refractivity contribution in [2.45, 2.75) is 44.2 Å². The molecule has 0 amide bonds. The zero-order chi connectivity index (χ0) is 11.9. The van der Waals surface area contributed by atoms with Gasteiger partial charge in [-0.05, 0) is 20.3 Å². The van der Waals surface area contributed by atoms with Gasteiger partial charge in [0.25, 0.3) is 0 Å². The van der Waals surface area contributed by atoms with E-state index in [4.69, 9.17) is 11.6 Å². The zero-order valence-electron chi connectivity index (χ0n) is 9.79. The SMILES string of the molecule is CCCC(Cl)CNCCS(=O)(=O)C(C)C. The van der Waals surface area contributed by atoms with Gasteiger partial charge in [-0.15, -0.1) is 11.6 Å². The minimum absolute atomic E-state index is 0.108. The van der Waals surface area contributed by atoms with Crippen LogP contribution in [0.4, 0.5) is 0 Å². The van der Waals surface area contributed by atoms with Crippen molar-refractivity contribution in [3.8, 4) is 0 Å². The van der Waals surface area contributed by atoms with Crippen LogP contribution < -0.4 is 5.32 Å². The molecule has 1 unspecified atom stereocenters. The lowest BCUT2D eigenvalue weighted by Crippen LogP contribution is -2.30. The molecule has 0 aromatic rings. The second-order valence-electron chi connectivity index (χ2n) is 4.01. The first-order chi connectivity index (χ1) is 6.90. The Kier molecular flexibility index (Phi) is 7.57. The van der Waals surface area contributed by atoms with Crippen molar-refractivity contribution in [2.75, 3.05) is 18.8 Å². The van der Waals surface area contributed by atoms with E-state index in [1.807, 2.05) is 0 Å². The summed E-state index contributed by atoms with van der Waals surface area (Å²) in [5.41, 5.74) is 0. The highest BCUT2D eigenvalue weighted by Gasteiger charge is 2.15. The Labute approximate surface area is 98.5 Å². The van der Waals surface area contributed by atoms with Gasteiger partial charge in [0.1, 0.15) is 0 Å². The molecule has 5 heteroatoms. The Hall–Kier alpha value is 0.200. The molecule has 0 fully saturated rings. The Bertz CT molecular complexity index is 252. The van der Waals surface area contributed by atoms with E-state index in [1.54, 1.807) is 13.8 Å². The lowest BCUT2D eigenvalue weighted by molar-refractivity contribution is 0.579. The molecule has 92 valence electrons. The van der Waals surface area contributed by atoms with E-state index in [0.29, 0.717) is 13.1 Å². The lowest BCUT2D eigenvalue weighted by atomic mass is 10.2. The predicted molar refractivity (Wildman–Crippen MR) is 66.3 cm³/mol. The molecule has 0 saturated carbocycles. The summed E-state index contributed by atoms with van der Waals surface area (Å²) in [5, 5.41) is 2.89. The molecule has 0 aromatic heterocycles. The fourth-order valence-corrected chi connectivity index (χ4v) is 2.35. The van der Waals surface area contributed by atoms with Crippen LogP contribution in [0, 0.1) is 0 Å². The number of hydrogen-bond donors (Lipinski definition) is 1. The maximum absolute atomic E-state index is 11.4. The summed E-state index contributed by atoms with van der Waals surface area (Å²) < 4.78 is 22.9. The molecule has 0 rings (SSSR count). The maximum atomic E-state index is 11.4. The molecule has 1 atom stereocenters. The normalized spacial score (nSPS) is 14.5. The molecule has 0 aliphatic rings. The monoisotopic (exact) mass is 255 g/mol. The first-order valence-corrected chi connectivity index (χ1v) is 7.61. The van der Waals surface area contributed by atoms with E-state index in [2.05, 4.69) is 12.2 Å². The van der Waals surface area contributed by atoms with Crippen LogP contribution in [0.5, 0.6) is 0 Å². The molecule has 0 saturated heterocycles. The van der Waals surface area contributed by atoms with Crippen molar-refractivity contribution < 1.29 is 8.42 Å². The quantitative estimate of drug-likeness (QED) is 0.532. The van der Waals surface area contributed by atoms with E-state index >= 15 is 0 Å². The molecule has 0 aliphatic heterocycles. The van der Waals surface area contributed by atoms with E-state index in [-0.39, 0.29) is 16.4 Å². The summed E-state index contributed by atoms with van der Waals surface area (Å²) in [6, 6.07) is 0. The van der Waals surface area contributed by atoms with Gasteiger partial charge >= 0.3 is 0 Å². The standard InChI is InChI=1S/C10H22ClNO2S/c1-4-5-10(11)8-12-6-7-15(13,14)9(2)3/h9-10,12H,4-8H2,1-3H3. The molecule has 0 aromatic carbocycles. The molecule has 0 heterocycles. The Morgan fingerprint density at radius 1 is 1.33 bits per heavy atom. The maximum Gasteiger partial charge on any atom is 0.153 e. The summed E-state index contributed by atoms with van der Waals surface area (Å²) in [7, 11) is -2.91. The van der Waals surface area contributed by atoms with Crippen molar-refractivity contribution in [3.63, 3.8) is 0 Å². The third kappa shape index (κ3) is 7.14. The largest absolute Gasteiger partial charge is 0.314 e. The van der Waals surface area contributed by atoms with Gasteiger partial charge in [-0.2, -0.15) is 0 Å². The molecular weight excluding hydrogens is 234 g/mol. The third-order valence-electron chi connectivity index (χ3n) is 2.25. The van der Waals surface area contributed by atoms with Crippen LogP contribution in [0.2, 0.25) is 0 Å². The average Bonchev–Trinajstić information content (AvgIpc) is 2.13. The Balaban J connectivity index is 3.63. The number of halogens is 1. The van der Waals surface area contributed by atoms with Crippen LogP contribution in [0.25, 0.3) is 0 Å². The van der Waals surface area contributed by atoms with Crippen LogP contribution in [0.3, 0.4) is 0 Å². The smallest absolute Gasteiger partial charge is 0.153 e. The fourth-order valence-electron chi connectivity index (χ4n) is 1.12. The van der Waals surface area contributed by atoms with Gasteiger partial charge in [-0.25, -0.2) is 8.42 Å². The molecule has 0 bridgehead atoms. The van der Waals surface area contributed by atoms with Crippen molar-refractivity contribution in [2.24, 2.45) is 0 Å². The highest BCUT2D eigenvalue weighted by Crippen LogP contribution is 2.03. The summed E-state index contributed by atoms with van der Waals surface area (Å²) in [5.74, 6) is 0.195. The highest BCUT2D eigenvalue weighted by atomic mass is 35.5. The average molecular weight is 256 g/mol. The summed E-state index contributed by atoms with van der Waals surface area (Å²) in [6.45, 7) is 6.67. The zero-order valence-corrected chi connectivity index (χ0v) is 11.4. The third-order valence-corrected chi connectivity index (χ3v) is 4.83. The molecule has 3 nitrogen and oxygen atoms in total. The van der Waals surface area contributed by atoms with E-state index in [9.17, 15) is 8.42 Å². The molecule has 0 aliphatic carbocycles. The van der Waals surface area contributed by atoms with Gasteiger partial charge < -0.3 is 5.32 Å². The van der Waals surface area contributed by atoms with Gasteiger partial charge in [-0.3, -0.25) is 0 Å². The van der Waals surface area contributed by atoms with Crippen LogP contribution in [0.1, 0.15) is 33.6 Å². The van der Waals surface area contributed by atoms with Crippen LogP contribution >= 0.6 is 11.6 Å². The number of sulfone groups is 1. The van der Waals surface area contributed by atoms with Gasteiger partial charge in [0, 0.05) is 18.5 Å². The minimum Gasteiger partial charge on any atom is -0.314 e. The van der Waals surface area contributed by atoms with E-state index in [0.717, 1.165) is 12.8 Å². The number of rotatable bonds is 8. The van der Waals surface area contributed by atoms with Gasteiger partial charge in [0.15, 0.2) is 9.84 Å². The van der Waals surface area contributed by atoms with Crippen molar-refractivity contribution in [1.29, 1.82) is 0 Å². The van der Waals surface area contributed by atoms with Gasteiger partial charge in [0.2, 0.25) is 0 Å². The van der Waals surface area contributed by atoms with Crippen LogP contribution in [-0.4, -0.2) is 37.9 Å². The van der Waals surface area contributed by atoms with Crippen molar-refractivity contribution in [1.82, 2.24) is 5.32 Å². The Morgan fingerprint density at radius 3 is 2.40 bits per heavy atom. The van der Waals surface area contributed by atoms with Crippen molar-refractivity contribution in [3.05, 3.63) is 0 Å². The second-order valence-corrected chi connectivity index (χ2v) is 7.30. The topological polar surface area (TPSA) is 46.2 Å². The number of hydrogen-bond acceptors (Lipinski definition) is 3. The lowest BCUT2D eigenvalue weighted by Gasteiger charge is -2.11. The van der Waals surface area contributed by atoms with E-state index in [1.165, 1.54) is 0 Å². The molecule has 15 heavy (non-hydrogen) atoms. The fraction of sp³-hybridized carbons (Fsp3) is 1.00. The molecule has 1 N–H and O–H groups in total. The molecule has 0 spiro atoms.